The van der Waals surface area contributed by atoms with Crippen LogP contribution in [0.3, 0.4) is 0 Å². The van der Waals surface area contributed by atoms with E-state index in [1.165, 1.54) is 23.1 Å². The zero-order valence-corrected chi connectivity index (χ0v) is 19.9. The molecule has 2 aromatic heterocycles. The molecule has 2 N–H and O–H groups in total. The molecule has 0 aliphatic heterocycles. The topological polar surface area (TPSA) is 92.9 Å². The normalized spacial score (nSPS) is 10.9. The van der Waals surface area contributed by atoms with Crippen LogP contribution in [0.15, 0.2) is 58.2 Å². The van der Waals surface area contributed by atoms with Crippen molar-refractivity contribution in [3.8, 4) is 28.4 Å². The Morgan fingerprint density at radius 1 is 1.23 bits per heavy atom. The Morgan fingerprint density at radius 2 is 2.00 bits per heavy atom. The molecule has 2 aromatic carbocycles. The number of benzene rings is 2. The summed E-state index contributed by atoms with van der Waals surface area (Å²) in [6.45, 7) is 1.99. The van der Waals surface area contributed by atoms with Crippen molar-refractivity contribution < 1.29 is 9.90 Å². The quantitative estimate of drug-likeness (QED) is 0.346. The van der Waals surface area contributed by atoms with Gasteiger partial charge >= 0.3 is 0 Å². The lowest BCUT2D eigenvalue weighted by Crippen LogP contribution is -2.14. The third kappa shape index (κ3) is 4.81. The molecule has 2 heterocycles. The minimum atomic E-state index is -0.173. The molecule has 7 nitrogen and oxygen atoms in total. The second-order valence-corrected chi connectivity index (χ2v) is 9.71. The number of phenolic OH excluding ortho intramolecular Hbond substituents is 1. The summed E-state index contributed by atoms with van der Waals surface area (Å²) >= 11 is 6.11. The molecule has 0 atom stereocenters. The largest absolute Gasteiger partial charge is 0.507 e. The van der Waals surface area contributed by atoms with Crippen molar-refractivity contribution in [1.29, 1.82) is 0 Å². The molecule has 1 amide bonds. The lowest BCUT2D eigenvalue weighted by atomic mass is 10.1. The number of anilines is 1. The molecule has 0 radical (unpaired) electrons. The molecule has 0 spiro atoms. The Labute approximate surface area is 195 Å². The molecule has 0 aliphatic rings. The van der Waals surface area contributed by atoms with Crippen LogP contribution in [0.25, 0.3) is 22.6 Å². The predicted octanol–water partition coefficient (Wildman–Crippen LogP) is 5.11. The number of aromatic hydroxyl groups is 1. The first kappa shape index (κ1) is 21.5. The smallest absolute Gasteiger partial charge is 0.236 e. The van der Waals surface area contributed by atoms with Gasteiger partial charge in [-0.25, -0.2) is 4.98 Å². The lowest BCUT2D eigenvalue weighted by molar-refractivity contribution is -0.113. The van der Waals surface area contributed by atoms with E-state index >= 15 is 0 Å². The second kappa shape index (κ2) is 9.21. The highest BCUT2D eigenvalue weighted by Crippen LogP contribution is 2.33. The molecule has 0 saturated carbocycles. The highest BCUT2D eigenvalue weighted by atomic mass is 79.9. The van der Waals surface area contributed by atoms with Gasteiger partial charge in [0.1, 0.15) is 5.75 Å². The summed E-state index contributed by atoms with van der Waals surface area (Å²) in [5.41, 5.74) is 2.46. The summed E-state index contributed by atoms with van der Waals surface area (Å²) in [4.78, 5) is 18.1. The molecule has 0 bridgehead atoms. The van der Waals surface area contributed by atoms with Crippen molar-refractivity contribution in [1.82, 2.24) is 19.7 Å². The number of phenols is 1. The summed E-state index contributed by atoms with van der Waals surface area (Å²) in [5.74, 6) is 0.620. The third-order valence-corrected chi connectivity index (χ3v) is 6.86. The number of thioether (sulfide) groups is 1. The van der Waals surface area contributed by atoms with Crippen molar-refractivity contribution in [3.05, 3.63) is 57.9 Å². The van der Waals surface area contributed by atoms with Crippen LogP contribution in [-0.4, -0.2) is 36.5 Å². The molecular formula is C21H18BrN5O2S2. The predicted molar refractivity (Wildman–Crippen MR) is 127 cm³/mol. The van der Waals surface area contributed by atoms with Gasteiger partial charge in [0, 0.05) is 22.0 Å². The first-order valence-corrected chi connectivity index (χ1v) is 11.9. The zero-order chi connectivity index (χ0) is 22.0. The highest BCUT2D eigenvalue weighted by molar-refractivity contribution is 9.10. The van der Waals surface area contributed by atoms with Crippen LogP contribution in [0.5, 0.6) is 5.75 Å². The summed E-state index contributed by atoms with van der Waals surface area (Å²) in [6.07, 6.45) is 0. The van der Waals surface area contributed by atoms with Gasteiger partial charge in [-0.15, -0.1) is 21.5 Å². The first-order chi connectivity index (χ1) is 14.9. The van der Waals surface area contributed by atoms with E-state index in [0.717, 1.165) is 20.6 Å². The Bertz CT molecular complexity index is 1240. The molecule has 4 rings (SSSR count). The SMILES string of the molecule is Cc1sc(NC(=O)CSc2nnc(-c3cc(Br)ccc3O)n2C)nc1-c1ccccc1. The Morgan fingerprint density at radius 3 is 2.77 bits per heavy atom. The standard InChI is InChI=1S/C21H18BrN5O2S2/c1-12-18(13-6-4-3-5-7-13)24-20(31-12)23-17(29)11-30-21-26-25-19(27(21)2)15-10-14(22)8-9-16(15)28/h3-10,28H,11H2,1-2H3,(H,23,24,29). The van der Waals surface area contributed by atoms with Gasteiger partial charge in [0.05, 0.1) is 17.0 Å². The van der Waals surface area contributed by atoms with Crippen LogP contribution in [0.4, 0.5) is 5.13 Å². The van der Waals surface area contributed by atoms with Crippen LogP contribution in [0.2, 0.25) is 0 Å². The lowest BCUT2D eigenvalue weighted by Gasteiger charge is -2.06. The van der Waals surface area contributed by atoms with Crippen molar-refractivity contribution in [3.63, 3.8) is 0 Å². The van der Waals surface area contributed by atoms with Gasteiger partial charge in [-0.05, 0) is 25.1 Å². The molecular weight excluding hydrogens is 498 g/mol. The number of amides is 1. The maximum atomic E-state index is 12.5. The van der Waals surface area contributed by atoms with Gasteiger partial charge in [0.25, 0.3) is 0 Å². The highest BCUT2D eigenvalue weighted by Gasteiger charge is 2.17. The fraction of sp³-hybridized carbons (Fsp3) is 0.143. The van der Waals surface area contributed by atoms with Crippen LogP contribution >= 0.6 is 39.0 Å². The van der Waals surface area contributed by atoms with Gasteiger partial charge < -0.3 is 15.0 Å². The average molecular weight is 516 g/mol. The fourth-order valence-corrected chi connectivity index (χ4v) is 4.89. The summed E-state index contributed by atoms with van der Waals surface area (Å²) in [5, 5.41) is 22.5. The molecule has 10 heteroatoms. The van der Waals surface area contributed by atoms with Crippen LogP contribution in [0, 0.1) is 6.92 Å². The Balaban J connectivity index is 1.42. The van der Waals surface area contributed by atoms with Gasteiger partial charge in [0.2, 0.25) is 5.91 Å². The van der Waals surface area contributed by atoms with Gasteiger partial charge in [-0.3, -0.25) is 4.79 Å². The monoisotopic (exact) mass is 515 g/mol. The minimum Gasteiger partial charge on any atom is -0.507 e. The van der Waals surface area contributed by atoms with E-state index < -0.39 is 0 Å². The number of hydrogen-bond donors (Lipinski definition) is 2. The molecule has 4 aromatic rings. The van der Waals surface area contributed by atoms with Crippen molar-refractivity contribution >= 4 is 50.1 Å². The zero-order valence-electron chi connectivity index (χ0n) is 16.7. The van der Waals surface area contributed by atoms with Crippen LogP contribution in [0.1, 0.15) is 4.88 Å². The average Bonchev–Trinajstić information content (AvgIpc) is 3.31. The molecule has 158 valence electrons. The Hall–Kier alpha value is -2.69. The number of carbonyl (C=O) groups is 1. The molecule has 0 aliphatic carbocycles. The number of hydrogen-bond acceptors (Lipinski definition) is 7. The summed E-state index contributed by atoms with van der Waals surface area (Å²) in [6, 6.07) is 15.0. The van der Waals surface area contributed by atoms with Crippen molar-refractivity contribution in [2.24, 2.45) is 7.05 Å². The van der Waals surface area contributed by atoms with E-state index in [2.05, 4.69) is 36.4 Å². The van der Waals surface area contributed by atoms with Crippen molar-refractivity contribution in [2.75, 3.05) is 11.1 Å². The minimum absolute atomic E-state index is 0.112. The number of nitrogens with zero attached hydrogens (tertiary/aromatic N) is 4. The molecule has 0 saturated heterocycles. The number of thiazole rings is 1. The van der Waals surface area contributed by atoms with E-state index in [4.69, 9.17) is 0 Å². The maximum absolute atomic E-state index is 12.5. The van der Waals surface area contributed by atoms with E-state index in [0.29, 0.717) is 21.7 Å². The van der Waals surface area contributed by atoms with Gasteiger partial charge in [-0.2, -0.15) is 0 Å². The van der Waals surface area contributed by atoms with Crippen LogP contribution < -0.4 is 5.32 Å². The van der Waals surface area contributed by atoms with Crippen LogP contribution in [-0.2, 0) is 11.8 Å². The number of aromatic nitrogens is 4. The first-order valence-electron chi connectivity index (χ1n) is 9.26. The molecule has 31 heavy (non-hydrogen) atoms. The number of aryl methyl sites for hydroxylation is 1. The fourth-order valence-electron chi connectivity index (χ4n) is 2.96. The Kier molecular flexibility index (Phi) is 6.40. The van der Waals surface area contributed by atoms with E-state index in [1.54, 1.807) is 29.8 Å². The maximum Gasteiger partial charge on any atom is 0.236 e. The number of rotatable bonds is 6. The number of nitrogens with one attached hydrogen (secondary N) is 1. The third-order valence-electron chi connectivity index (χ3n) is 4.46. The second-order valence-electron chi connectivity index (χ2n) is 6.65. The number of carbonyl (C=O) groups excluding carboxylic acids is 1. The van der Waals surface area contributed by atoms with E-state index in [1.807, 2.05) is 37.3 Å². The molecule has 0 fully saturated rings. The number of halogens is 1. The summed E-state index contributed by atoms with van der Waals surface area (Å²) < 4.78 is 2.58. The van der Waals surface area contributed by atoms with Gasteiger partial charge in [-0.1, -0.05) is 58.0 Å². The van der Waals surface area contributed by atoms with E-state index in [-0.39, 0.29) is 17.4 Å². The molecule has 0 unspecified atom stereocenters. The summed E-state index contributed by atoms with van der Waals surface area (Å²) in [7, 11) is 1.80. The van der Waals surface area contributed by atoms with Gasteiger partial charge in [0.15, 0.2) is 16.1 Å². The van der Waals surface area contributed by atoms with E-state index in [9.17, 15) is 9.90 Å². The van der Waals surface area contributed by atoms with Crippen molar-refractivity contribution in [2.45, 2.75) is 12.1 Å².